The van der Waals surface area contributed by atoms with Crippen molar-refractivity contribution in [1.82, 2.24) is 0 Å². The van der Waals surface area contributed by atoms with E-state index in [1.165, 1.54) is 0 Å². The van der Waals surface area contributed by atoms with E-state index in [9.17, 15) is 0 Å². The van der Waals surface area contributed by atoms with Crippen LogP contribution in [0.15, 0.2) is 0 Å². The molecule has 4 nitrogen and oxygen atoms in total. The van der Waals surface area contributed by atoms with Gasteiger partial charge in [-0.25, -0.2) is 0 Å². The van der Waals surface area contributed by atoms with Crippen molar-refractivity contribution in [3.8, 4) is 0 Å². The highest BCUT2D eigenvalue weighted by molar-refractivity contribution is 6.64. The second-order valence-corrected chi connectivity index (χ2v) is 8.94. The van der Waals surface area contributed by atoms with E-state index < -0.39 is 14.2 Å². The van der Waals surface area contributed by atoms with Crippen molar-refractivity contribution in [2.45, 2.75) is 65.2 Å². The summed E-state index contributed by atoms with van der Waals surface area (Å²) in [4.78, 5) is 0. The third kappa shape index (κ3) is 5.05. The van der Waals surface area contributed by atoms with Crippen LogP contribution in [-0.2, 0) is 18.3 Å². The van der Waals surface area contributed by atoms with Crippen LogP contribution in [-0.4, -0.2) is 39.8 Å². The van der Waals surface area contributed by atoms with E-state index >= 15 is 0 Å². The van der Waals surface area contributed by atoms with Gasteiger partial charge in [0, 0.05) is 6.10 Å². The second-order valence-electron chi connectivity index (χ2n) is 5.70. The van der Waals surface area contributed by atoms with E-state index in [4.69, 9.17) is 18.3 Å². The summed E-state index contributed by atoms with van der Waals surface area (Å²) in [6.45, 7) is 13.6. The molecule has 0 amide bonds. The van der Waals surface area contributed by atoms with Gasteiger partial charge in [0.2, 0.25) is 0 Å². The molecule has 0 bridgehead atoms. The lowest BCUT2D eigenvalue weighted by atomic mass is 10.1. The van der Waals surface area contributed by atoms with Crippen LogP contribution < -0.4 is 0 Å². The second kappa shape index (κ2) is 5.80. The van der Waals surface area contributed by atoms with E-state index in [-0.39, 0.29) is 12.4 Å². The monoisotopic (exact) mass is 262 g/mol. The molecule has 17 heavy (non-hydrogen) atoms. The Labute approximate surface area is 106 Å². The molecule has 0 unspecified atom stereocenters. The summed E-state index contributed by atoms with van der Waals surface area (Å²) in [7, 11) is -2.15. The normalized spacial score (nSPS) is 19.9. The molecule has 1 rings (SSSR count). The van der Waals surface area contributed by atoms with Gasteiger partial charge in [-0.1, -0.05) is 0 Å². The van der Waals surface area contributed by atoms with Crippen molar-refractivity contribution >= 4 is 8.56 Å². The van der Waals surface area contributed by atoms with Crippen LogP contribution in [0, 0.1) is 0 Å². The maximum Gasteiger partial charge on any atom is 0.332 e. The summed E-state index contributed by atoms with van der Waals surface area (Å²) in [5, 5.41) is 0. The summed E-state index contributed by atoms with van der Waals surface area (Å²) < 4.78 is 23.2. The third-order valence-electron chi connectivity index (χ3n) is 2.42. The van der Waals surface area contributed by atoms with Gasteiger partial charge in [0.15, 0.2) is 6.29 Å². The fourth-order valence-electron chi connectivity index (χ4n) is 2.16. The molecule has 1 aliphatic rings. The predicted octanol–water partition coefficient (Wildman–Crippen LogP) is 2.67. The SMILES string of the molecule is CC(C)O[Si](C)(C)OC(C)(C)C1OCCCO1. The zero-order valence-corrected chi connectivity index (χ0v) is 12.9. The van der Waals surface area contributed by atoms with E-state index in [0.29, 0.717) is 0 Å². The van der Waals surface area contributed by atoms with Gasteiger partial charge in [0.05, 0.1) is 13.2 Å². The topological polar surface area (TPSA) is 36.9 Å². The van der Waals surface area contributed by atoms with Gasteiger partial charge in [-0.15, -0.1) is 0 Å². The highest BCUT2D eigenvalue weighted by Gasteiger charge is 2.41. The van der Waals surface area contributed by atoms with Crippen LogP contribution in [0.5, 0.6) is 0 Å². The Morgan fingerprint density at radius 2 is 1.71 bits per heavy atom. The van der Waals surface area contributed by atoms with Gasteiger partial charge in [0.1, 0.15) is 5.60 Å². The van der Waals surface area contributed by atoms with E-state index in [2.05, 4.69) is 13.1 Å². The zero-order chi connectivity index (χ0) is 13.1. The average molecular weight is 262 g/mol. The fourth-order valence-corrected chi connectivity index (χ4v) is 4.71. The molecule has 0 spiro atoms. The van der Waals surface area contributed by atoms with Crippen LogP contribution in [0.25, 0.3) is 0 Å². The summed E-state index contributed by atoms with van der Waals surface area (Å²) >= 11 is 0. The van der Waals surface area contributed by atoms with E-state index in [0.717, 1.165) is 19.6 Å². The minimum atomic E-state index is -2.15. The Kier molecular flexibility index (Phi) is 5.16. The van der Waals surface area contributed by atoms with Gasteiger partial charge in [0.25, 0.3) is 0 Å². The van der Waals surface area contributed by atoms with Crippen molar-refractivity contribution < 1.29 is 18.3 Å². The standard InChI is InChI=1S/C12H26O4Si/c1-10(2)15-17(5,6)16-12(3,4)11-13-8-7-9-14-11/h10-11H,7-9H2,1-6H3. The largest absolute Gasteiger partial charge is 0.392 e. The van der Waals surface area contributed by atoms with Crippen molar-refractivity contribution in [1.29, 1.82) is 0 Å². The zero-order valence-electron chi connectivity index (χ0n) is 11.9. The highest BCUT2D eigenvalue weighted by atomic mass is 28.4. The first kappa shape index (κ1) is 15.1. The molecule has 1 fully saturated rings. The molecule has 0 aliphatic carbocycles. The van der Waals surface area contributed by atoms with Crippen molar-refractivity contribution in [3.05, 3.63) is 0 Å². The minimum Gasteiger partial charge on any atom is -0.392 e. The molecule has 0 radical (unpaired) electrons. The minimum absolute atomic E-state index is 0.181. The molecule has 5 heteroatoms. The fraction of sp³-hybridized carbons (Fsp3) is 1.00. The first-order valence-corrected chi connectivity index (χ1v) is 9.16. The smallest absolute Gasteiger partial charge is 0.332 e. The maximum atomic E-state index is 6.14. The number of rotatable bonds is 5. The third-order valence-corrected chi connectivity index (χ3v) is 4.48. The summed E-state index contributed by atoms with van der Waals surface area (Å²) in [6, 6.07) is 0. The molecule has 1 saturated heterocycles. The highest BCUT2D eigenvalue weighted by Crippen LogP contribution is 2.27. The van der Waals surface area contributed by atoms with Crippen molar-refractivity contribution in [3.63, 3.8) is 0 Å². The van der Waals surface area contributed by atoms with E-state index in [1.807, 2.05) is 27.7 Å². The molecule has 1 heterocycles. The molecule has 0 aromatic heterocycles. The Hall–Kier alpha value is 0.0569. The molecule has 1 aliphatic heterocycles. The molecule has 102 valence electrons. The lowest BCUT2D eigenvalue weighted by Gasteiger charge is -2.41. The number of ether oxygens (including phenoxy) is 2. The molecular formula is C12H26O4Si. The summed E-state index contributed by atoms with van der Waals surface area (Å²) in [5.74, 6) is 0. The lowest BCUT2D eigenvalue weighted by Crippen LogP contribution is -2.53. The predicted molar refractivity (Wildman–Crippen MR) is 69.2 cm³/mol. The Bertz CT molecular complexity index is 235. The van der Waals surface area contributed by atoms with Gasteiger partial charge < -0.3 is 18.3 Å². The van der Waals surface area contributed by atoms with Gasteiger partial charge in [-0.05, 0) is 47.2 Å². The van der Waals surface area contributed by atoms with Gasteiger partial charge in [-0.2, -0.15) is 0 Å². The average Bonchev–Trinajstić information content (AvgIpc) is 2.15. The molecule has 0 aromatic rings. The molecule has 0 atom stereocenters. The molecule has 0 saturated carbocycles. The van der Waals surface area contributed by atoms with Crippen molar-refractivity contribution in [2.24, 2.45) is 0 Å². The Balaban J connectivity index is 2.57. The van der Waals surface area contributed by atoms with Crippen LogP contribution in [0.1, 0.15) is 34.1 Å². The van der Waals surface area contributed by atoms with E-state index in [1.54, 1.807) is 0 Å². The van der Waals surface area contributed by atoms with Crippen LogP contribution in [0.4, 0.5) is 0 Å². The molecule has 0 aromatic carbocycles. The van der Waals surface area contributed by atoms with Crippen LogP contribution in [0.2, 0.25) is 13.1 Å². The first-order chi connectivity index (χ1) is 7.73. The molecule has 0 N–H and O–H groups in total. The Morgan fingerprint density at radius 1 is 1.18 bits per heavy atom. The number of hydrogen-bond donors (Lipinski definition) is 0. The number of hydrogen-bond acceptors (Lipinski definition) is 4. The summed E-state index contributed by atoms with van der Waals surface area (Å²) in [5.41, 5.74) is -0.467. The van der Waals surface area contributed by atoms with Gasteiger partial charge >= 0.3 is 8.56 Å². The first-order valence-electron chi connectivity index (χ1n) is 6.34. The van der Waals surface area contributed by atoms with Crippen LogP contribution in [0.3, 0.4) is 0 Å². The Morgan fingerprint density at radius 3 is 2.18 bits per heavy atom. The quantitative estimate of drug-likeness (QED) is 0.714. The summed E-state index contributed by atoms with van der Waals surface area (Å²) in [6.07, 6.45) is 0.843. The van der Waals surface area contributed by atoms with Gasteiger partial charge in [-0.3, -0.25) is 0 Å². The van der Waals surface area contributed by atoms with Crippen molar-refractivity contribution in [2.75, 3.05) is 13.2 Å². The molecular weight excluding hydrogens is 236 g/mol. The lowest BCUT2D eigenvalue weighted by molar-refractivity contribution is -0.248. The maximum absolute atomic E-state index is 6.14. The van der Waals surface area contributed by atoms with Crippen LogP contribution >= 0.6 is 0 Å².